The Hall–Kier alpha value is -2.90. The first-order valence-electron chi connectivity index (χ1n) is 10.5. The van der Waals surface area contributed by atoms with Crippen molar-refractivity contribution in [2.75, 3.05) is 26.7 Å². The second-order valence-electron chi connectivity index (χ2n) is 8.34. The number of rotatable bonds is 5. The summed E-state index contributed by atoms with van der Waals surface area (Å²) in [4.78, 5) is 54.5. The Balaban J connectivity index is 1.70. The van der Waals surface area contributed by atoms with Crippen LogP contribution in [0.1, 0.15) is 44.1 Å². The molecule has 4 rings (SSSR count). The Bertz CT molecular complexity index is 879. The van der Waals surface area contributed by atoms with E-state index in [1.807, 2.05) is 0 Å². The van der Waals surface area contributed by atoms with Gasteiger partial charge in [0.1, 0.15) is 5.75 Å². The van der Waals surface area contributed by atoms with Crippen molar-refractivity contribution < 1.29 is 23.9 Å². The van der Waals surface area contributed by atoms with Crippen LogP contribution in [0.15, 0.2) is 24.3 Å². The van der Waals surface area contributed by atoms with E-state index < -0.39 is 5.41 Å². The lowest BCUT2D eigenvalue weighted by atomic mass is 9.75. The zero-order chi connectivity index (χ0) is 21.3. The van der Waals surface area contributed by atoms with Crippen LogP contribution in [0.5, 0.6) is 5.75 Å². The second-order valence-corrected chi connectivity index (χ2v) is 8.34. The van der Waals surface area contributed by atoms with Gasteiger partial charge in [0.2, 0.25) is 23.6 Å². The molecule has 0 unspecified atom stereocenters. The standard InChI is InChI=1S/C22H27N3O5/c1-30-17-8-4-5-15(11-17)22(12-19(27)24-10-9-23-18(26)14-24)13-20(28)25(21(22)29)16-6-2-3-7-16/h4-5,8,11,16H,2-3,6-7,9-10,12-14H2,1H3,(H,23,26)/t22-/m0/s1. The normalized spacial score (nSPS) is 25.0. The fourth-order valence-corrected chi connectivity index (χ4v) is 4.90. The summed E-state index contributed by atoms with van der Waals surface area (Å²) in [6, 6.07) is 6.96. The molecule has 0 aromatic heterocycles. The third-order valence-corrected chi connectivity index (χ3v) is 6.51. The summed E-state index contributed by atoms with van der Waals surface area (Å²) in [6.45, 7) is 0.756. The largest absolute Gasteiger partial charge is 0.497 e. The van der Waals surface area contributed by atoms with Crippen LogP contribution in [0.25, 0.3) is 0 Å². The minimum absolute atomic E-state index is 0.0263. The number of carbonyl (C=O) groups is 4. The summed E-state index contributed by atoms with van der Waals surface area (Å²) >= 11 is 0. The predicted molar refractivity (Wildman–Crippen MR) is 108 cm³/mol. The fourth-order valence-electron chi connectivity index (χ4n) is 4.90. The van der Waals surface area contributed by atoms with Gasteiger partial charge in [-0.15, -0.1) is 0 Å². The molecule has 2 heterocycles. The van der Waals surface area contributed by atoms with Crippen molar-refractivity contribution in [3.05, 3.63) is 29.8 Å². The number of piperazine rings is 1. The lowest BCUT2D eigenvalue weighted by molar-refractivity contribution is -0.145. The molecule has 0 spiro atoms. The highest BCUT2D eigenvalue weighted by Crippen LogP contribution is 2.43. The summed E-state index contributed by atoms with van der Waals surface area (Å²) < 4.78 is 5.33. The average molecular weight is 413 g/mol. The van der Waals surface area contributed by atoms with E-state index in [1.54, 1.807) is 24.3 Å². The van der Waals surface area contributed by atoms with E-state index in [-0.39, 0.29) is 49.1 Å². The average Bonchev–Trinajstić information content (AvgIpc) is 3.35. The third kappa shape index (κ3) is 3.55. The van der Waals surface area contributed by atoms with Crippen molar-refractivity contribution in [2.45, 2.75) is 50.0 Å². The topological polar surface area (TPSA) is 96.0 Å². The number of ether oxygens (including phenoxy) is 1. The summed E-state index contributed by atoms with van der Waals surface area (Å²) in [7, 11) is 1.54. The molecule has 1 aromatic rings. The number of hydrogen-bond donors (Lipinski definition) is 1. The molecule has 2 aliphatic heterocycles. The van der Waals surface area contributed by atoms with Crippen LogP contribution < -0.4 is 10.1 Å². The van der Waals surface area contributed by atoms with E-state index in [4.69, 9.17) is 4.74 Å². The Morgan fingerprint density at radius 2 is 2.00 bits per heavy atom. The molecule has 8 heteroatoms. The molecule has 8 nitrogen and oxygen atoms in total. The molecule has 3 aliphatic rings. The molecule has 1 N–H and O–H groups in total. The van der Waals surface area contributed by atoms with Crippen molar-refractivity contribution in [3.8, 4) is 5.75 Å². The quantitative estimate of drug-likeness (QED) is 0.726. The summed E-state index contributed by atoms with van der Waals surface area (Å²) in [6.07, 6.45) is 3.44. The van der Waals surface area contributed by atoms with Gasteiger partial charge in [-0.25, -0.2) is 0 Å². The van der Waals surface area contributed by atoms with E-state index in [9.17, 15) is 19.2 Å². The molecule has 0 bridgehead atoms. The maximum absolute atomic E-state index is 13.7. The van der Waals surface area contributed by atoms with Crippen molar-refractivity contribution in [1.82, 2.24) is 15.1 Å². The highest BCUT2D eigenvalue weighted by Gasteiger charge is 2.56. The molecule has 4 amide bonds. The smallest absolute Gasteiger partial charge is 0.241 e. The monoisotopic (exact) mass is 413 g/mol. The summed E-state index contributed by atoms with van der Waals surface area (Å²) in [5.41, 5.74) is -0.658. The van der Waals surface area contributed by atoms with Crippen molar-refractivity contribution in [3.63, 3.8) is 0 Å². The van der Waals surface area contributed by atoms with Crippen LogP contribution >= 0.6 is 0 Å². The van der Waals surface area contributed by atoms with E-state index in [2.05, 4.69) is 5.32 Å². The molecule has 0 radical (unpaired) electrons. The number of benzene rings is 1. The summed E-state index contributed by atoms with van der Waals surface area (Å²) in [5.74, 6) is -0.467. The summed E-state index contributed by atoms with van der Waals surface area (Å²) in [5, 5.41) is 2.70. The van der Waals surface area contributed by atoms with Crippen molar-refractivity contribution in [2.24, 2.45) is 0 Å². The van der Waals surface area contributed by atoms with Gasteiger partial charge in [0.05, 0.1) is 19.1 Å². The number of amides is 4. The maximum atomic E-state index is 13.7. The molecular formula is C22H27N3O5. The highest BCUT2D eigenvalue weighted by atomic mass is 16.5. The molecule has 160 valence electrons. The lowest BCUT2D eigenvalue weighted by Crippen LogP contribution is -2.52. The number of methoxy groups -OCH3 is 1. The maximum Gasteiger partial charge on any atom is 0.241 e. The second kappa shape index (κ2) is 8.08. The minimum Gasteiger partial charge on any atom is -0.497 e. The van der Waals surface area contributed by atoms with Crippen LogP contribution in [-0.4, -0.2) is 66.2 Å². The molecule has 3 fully saturated rings. The van der Waals surface area contributed by atoms with Crippen molar-refractivity contribution >= 4 is 23.6 Å². The third-order valence-electron chi connectivity index (χ3n) is 6.51. The van der Waals surface area contributed by atoms with E-state index in [0.717, 1.165) is 25.7 Å². The number of hydrogen-bond acceptors (Lipinski definition) is 5. The van der Waals surface area contributed by atoms with Crippen LogP contribution in [0.2, 0.25) is 0 Å². The van der Waals surface area contributed by atoms with Gasteiger partial charge in [-0.2, -0.15) is 0 Å². The number of carbonyl (C=O) groups excluding carboxylic acids is 4. The van der Waals surface area contributed by atoms with Gasteiger partial charge in [0.25, 0.3) is 0 Å². The molecule has 1 aliphatic carbocycles. The Kier molecular flexibility index (Phi) is 5.49. The van der Waals surface area contributed by atoms with Gasteiger partial charge in [-0.05, 0) is 30.5 Å². The molecule has 30 heavy (non-hydrogen) atoms. The Morgan fingerprint density at radius 3 is 2.70 bits per heavy atom. The van der Waals surface area contributed by atoms with Gasteiger partial charge in [-0.3, -0.25) is 24.1 Å². The first-order valence-corrected chi connectivity index (χ1v) is 10.5. The highest BCUT2D eigenvalue weighted by molar-refractivity contribution is 6.11. The van der Waals surface area contributed by atoms with Gasteiger partial charge in [0, 0.05) is 32.0 Å². The zero-order valence-electron chi connectivity index (χ0n) is 17.2. The van der Waals surface area contributed by atoms with Gasteiger partial charge in [-0.1, -0.05) is 25.0 Å². The molecule has 1 saturated carbocycles. The first-order chi connectivity index (χ1) is 14.4. The number of nitrogens with one attached hydrogen (secondary N) is 1. The molecule has 1 aromatic carbocycles. The zero-order valence-corrected chi connectivity index (χ0v) is 17.2. The van der Waals surface area contributed by atoms with Crippen LogP contribution in [0.3, 0.4) is 0 Å². The van der Waals surface area contributed by atoms with E-state index in [0.29, 0.717) is 24.4 Å². The molecule has 2 saturated heterocycles. The van der Waals surface area contributed by atoms with E-state index in [1.165, 1.54) is 16.9 Å². The number of imide groups is 1. The van der Waals surface area contributed by atoms with Crippen molar-refractivity contribution in [1.29, 1.82) is 0 Å². The van der Waals surface area contributed by atoms with Gasteiger partial charge >= 0.3 is 0 Å². The van der Waals surface area contributed by atoms with Gasteiger partial charge in [0.15, 0.2) is 0 Å². The van der Waals surface area contributed by atoms with Crippen LogP contribution in [0, 0.1) is 0 Å². The van der Waals surface area contributed by atoms with Crippen LogP contribution in [0.4, 0.5) is 0 Å². The predicted octanol–water partition coefficient (Wildman–Crippen LogP) is 0.983. The molecule has 1 atom stereocenters. The minimum atomic E-state index is -1.26. The number of likely N-dealkylation sites (tertiary alicyclic amines) is 1. The number of nitrogens with zero attached hydrogens (tertiary/aromatic N) is 2. The fraction of sp³-hybridized carbons (Fsp3) is 0.545. The Morgan fingerprint density at radius 1 is 1.23 bits per heavy atom. The molecular weight excluding hydrogens is 386 g/mol. The Labute approximate surface area is 175 Å². The lowest BCUT2D eigenvalue weighted by Gasteiger charge is -2.33. The van der Waals surface area contributed by atoms with Crippen LogP contribution in [-0.2, 0) is 24.6 Å². The SMILES string of the molecule is COc1cccc([C@]2(CC(=O)N3CCNC(=O)C3)CC(=O)N(C3CCCC3)C2=O)c1. The first kappa shape index (κ1) is 20.4. The van der Waals surface area contributed by atoms with E-state index >= 15 is 0 Å². The van der Waals surface area contributed by atoms with Gasteiger partial charge < -0.3 is 15.0 Å².